The summed E-state index contributed by atoms with van der Waals surface area (Å²) in [5, 5.41) is 20.6. The summed E-state index contributed by atoms with van der Waals surface area (Å²) in [5.41, 5.74) is 5.17. The predicted molar refractivity (Wildman–Crippen MR) is 66.0 cm³/mol. The lowest BCUT2D eigenvalue weighted by Crippen LogP contribution is -2.51. The third-order valence-corrected chi connectivity index (χ3v) is 2.58. The van der Waals surface area contributed by atoms with E-state index in [1.165, 1.54) is 0 Å². The number of primary amides is 1. The lowest BCUT2D eigenvalue weighted by molar-refractivity contribution is -0.134. The maximum atomic E-state index is 11.7. The van der Waals surface area contributed by atoms with Gasteiger partial charge in [-0.3, -0.25) is 9.59 Å². The van der Waals surface area contributed by atoms with Crippen LogP contribution < -0.4 is 11.1 Å². The molecule has 6 nitrogen and oxygen atoms in total. The van der Waals surface area contributed by atoms with E-state index in [2.05, 4.69) is 5.32 Å². The van der Waals surface area contributed by atoms with E-state index >= 15 is 0 Å². The summed E-state index contributed by atoms with van der Waals surface area (Å²) in [7, 11) is 0. The third-order valence-electron chi connectivity index (χ3n) is 2.58. The van der Waals surface area contributed by atoms with Crippen LogP contribution in [-0.2, 0) is 9.59 Å². The van der Waals surface area contributed by atoms with E-state index < -0.39 is 24.0 Å². The lowest BCUT2D eigenvalue weighted by Gasteiger charge is -2.22. The number of carbonyl (C=O) groups excluding carboxylic acids is 2. The summed E-state index contributed by atoms with van der Waals surface area (Å²) in [6.07, 6.45) is -0.751. The monoisotopic (exact) mass is 255 g/mol. The average Bonchev–Trinajstić information content (AvgIpc) is 2.24. The van der Waals surface area contributed by atoms with E-state index in [4.69, 9.17) is 11.0 Å². The molecule has 0 fully saturated rings. The van der Waals surface area contributed by atoms with E-state index in [9.17, 15) is 14.7 Å². The molecule has 0 aliphatic heterocycles. The fourth-order valence-electron chi connectivity index (χ4n) is 1.56. The number of nitriles is 1. The smallest absolute Gasteiger partial charge is 0.249 e. The Hall–Kier alpha value is -1.61. The quantitative estimate of drug-likeness (QED) is 0.589. The second-order valence-corrected chi connectivity index (χ2v) is 4.87. The molecule has 0 aromatic heterocycles. The number of hydrogen-bond donors (Lipinski definition) is 3. The minimum Gasteiger partial charge on any atom is -0.383 e. The van der Waals surface area contributed by atoms with E-state index in [1.807, 2.05) is 19.9 Å². The molecule has 2 amide bonds. The van der Waals surface area contributed by atoms with Crippen LogP contribution in [0.2, 0.25) is 0 Å². The highest BCUT2D eigenvalue weighted by atomic mass is 16.3. The van der Waals surface area contributed by atoms with Crippen molar-refractivity contribution in [2.24, 2.45) is 17.6 Å². The molecule has 0 aliphatic rings. The molecule has 3 atom stereocenters. The van der Waals surface area contributed by atoms with Crippen molar-refractivity contribution >= 4 is 11.8 Å². The SMILES string of the molecule is CC(C)C[C@H](O)C(=O)N[C@@H](C(N)=O)[C@@H](C)CC#N. The highest BCUT2D eigenvalue weighted by Gasteiger charge is 2.27. The first-order valence-electron chi connectivity index (χ1n) is 5.94. The molecule has 0 saturated heterocycles. The van der Waals surface area contributed by atoms with Gasteiger partial charge in [0.2, 0.25) is 11.8 Å². The van der Waals surface area contributed by atoms with Crippen LogP contribution in [0, 0.1) is 23.2 Å². The molecule has 0 aromatic rings. The van der Waals surface area contributed by atoms with Gasteiger partial charge in [-0.1, -0.05) is 20.8 Å². The zero-order chi connectivity index (χ0) is 14.3. The Labute approximate surface area is 107 Å². The van der Waals surface area contributed by atoms with Crippen molar-refractivity contribution in [3.05, 3.63) is 0 Å². The number of nitrogens with zero attached hydrogens (tertiary/aromatic N) is 1. The Morgan fingerprint density at radius 1 is 1.39 bits per heavy atom. The zero-order valence-electron chi connectivity index (χ0n) is 11.0. The predicted octanol–water partition coefficient (Wildman–Crippen LogP) is -0.0867. The van der Waals surface area contributed by atoms with Crippen molar-refractivity contribution in [3.8, 4) is 6.07 Å². The van der Waals surface area contributed by atoms with Crippen LogP contribution >= 0.6 is 0 Å². The summed E-state index contributed by atoms with van der Waals surface area (Å²) >= 11 is 0. The number of rotatable bonds is 7. The van der Waals surface area contributed by atoms with E-state index in [-0.39, 0.29) is 18.3 Å². The minimum absolute atomic E-state index is 0.105. The van der Waals surface area contributed by atoms with E-state index in [0.717, 1.165) is 0 Å². The van der Waals surface area contributed by atoms with Crippen molar-refractivity contribution in [1.82, 2.24) is 5.32 Å². The van der Waals surface area contributed by atoms with Crippen molar-refractivity contribution in [1.29, 1.82) is 5.26 Å². The molecule has 0 unspecified atom stereocenters. The van der Waals surface area contributed by atoms with Gasteiger partial charge in [0.15, 0.2) is 0 Å². The molecule has 0 saturated carbocycles. The van der Waals surface area contributed by atoms with Gasteiger partial charge in [0.25, 0.3) is 0 Å². The molecule has 0 spiro atoms. The number of amides is 2. The van der Waals surface area contributed by atoms with Crippen LogP contribution in [0.15, 0.2) is 0 Å². The maximum Gasteiger partial charge on any atom is 0.249 e. The van der Waals surface area contributed by atoms with Gasteiger partial charge >= 0.3 is 0 Å². The summed E-state index contributed by atoms with van der Waals surface area (Å²) in [5.74, 6) is -1.56. The van der Waals surface area contributed by atoms with Crippen LogP contribution in [-0.4, -0.2) is 29.1 Å². The molecular formula is C12H21N3O3. The highest BCUT2D eigenvalue weighted by molar-refractivity contribution is 5.88. The largest absolute Gasteiger partial charge is 0.383 e. The highest BCUT2D eigenvalue weighted by Crippen LogP contribution is 2.09. The van der Waals surface area contributed by atoms with Crippen LogP contribution in [0.4, 0.5) is 0 Å². The molecule has 0 aromatic carbocycles. The van der Waals surface area contributed by atoms with Crippen LogP contribution in [0.3, 0.4) is 0 Å². The number of carbonyl (C=O) groups is 2. The van der Waals surface area contributed by atoms with Gasteiger partial charge in [0, 0.05) is 6.42 Å². The Balaban J connectivity index is 4.55. The van der Waals surface area contributed by atoms with E-state index in [0.29, 0.717) is 6.42 Å². The van der Waals surface area contributed by atoms with Gasteiger partial charge in [0.05, 0.1) is 6.07 Å². The molecule has 18 heavy (non-hydrogen) atoms. The van der Waals surface area contributed by atoms with Crippen molar-refractivity contribution in [3.63, 3.8) is 0 Å². The van der Waals surface area contributed by atoms with E-state index in [1.54, 1.807) is 6.92 Å². The topological polar surface area (TPSA) is 116 Å². The van der Waals surface area contributed by atoms with Crippen LogP contribution in [0.5, 0.6) is 0 Å². The maximum absolute atomic E-state index is 11.7. The van der Waals surface area contributed by atoms with Crippen molar-refractivity contribution < 1.29 is 14.7 Å². The Kier molecular flexibility index (Phi) is 6.98. The summed E-state index contributed by atoms with van der Waals surface area (Å²) < 4.78 is 0. The van der Waals surface area contributed by atoms with Gasteiger partial charge in [-0.15, -0.1) is 0 Å². The number of aliphatic hydroxyl groups excluding tert-OH is 1. The van der Waals surface area contributed by atoms with Crippen LogP contribution in [0.25, 0.3) is 0 Å². The zero-order valence-corrected chi connectivity index (χ0v) is 11.0. The second-order valence-electron chi connectivity index (χ2n) is 4.87. The standard InChI is InChI=1S/C12H21N3O3/c1-7(2)6-9(16)12(18)15-10(11(14)17)8(3)4-5-13/h7-10,16H,4,6H2,1-3H3,(H2,14,17)(H,15,18)/t8-,9-,10+/m0/s1. The van der Waals surface area contributed by atoms with Gasteiger partial charge in [0.1, 0.15) is 12.1 Å². The molecule has 6 heteroatoms. The average molecular weight is 255 g/mol. The fourth-order valence-corrected chi connectivity index (χ4v) is 1.56. The second kappa shape index (κ2) is 7.67. The lowest BCUT2D eigenvalue weighted by atomic mass is 9.97. The molecule has 0 aliphatic carbocycles. The molecule has 0 radical (unpaired) electrons. The molecular weight excluding hydrogens is 234 g/mol. The summed E-state index contributed by atoms with van der Waals surface area (Å²) in [6, 6.07) is 0.984. The number of hydrogen-bond acceptors (Lipinski definition) is 4. The minimum atomic E-state index is -1.17. The first kappa shape index (κ1) is 16.4. The molecule has 4 N–H and O–H groups in total. The Morgan fingerprint density at radius 2 is 1.94 bits per heavy atom. The van der Waals surface area contributed by atoms with Crippen molar-refractivity contribution in [2.45, 2.75) is 45.8 Å². The molecule has 102 valence electrons. The van der Waals surface area contributed by atoms with Gasteiger partial charge in [-0.25, -0.2) is 0 Å². The Morgan fingerprint density at radius 3 is 2.33 bits per heavy atom. The first-order valence-corrected chi connectivity index (χ1v) is 5.94. The van der Waals surface area contributed by atoms with Crippen molar-refractivity contribution in [2.75, 3.05) is 0 Å². The third kappa shape index (κ3) is 5.64. The molecule has 0 heterocycles. The fraction of sp³-hybridized carbons (Fsp3) is 0.750. The van der Waals surface area contributed by atoms with Gasteiger partial charge < -0.3 is 16.2 Å². The molecule has 0 bridgehead atoms. The molecule has 0 rings (SSSR count). The normalized spacial score (nSPS) is 15.6. The summed E-state index contributed by atoms with van der Waals surface area (Å²) in [4.78, 5) is 22.9. The van der Waals surface area contributed by atoms with Gasteiger partial charge in [-0.05, 0) is 18.3 Å². The van der Waals surface area contributed by atoms with Crippen LogP contribution in [0.1, 0.15) is 33.6 Å². The number of aliphatic hydroxyl groups is 1. The number of nitrogens with one attached hydrogen (secondary N) is 1. The first-order chi connectivity index (χ1) is 8.29. The van der Waals surface area contributed by atoms with Gasteiger partial charge in [-0.2, -0.15) is 5.26 Å². The summed E-state index contributed by atoms with van der Waals surface area (Å²) in [6.45, 7) is 5.40. The number of nitrogens with two attached hydrogens (primary N) is 1. The Bertz CT molecular complexity index is 336.